The number of rotatable bonds is 3. The fourth-order valence-corrected chi connectivity index (χ4v) is 4.14. The summed E-state index contributed by atoms with van der Waals surface area (Å²) in [5.41, 5.74) is 1.24. The standard InChI is InChI=1S/C20H24N6O3/c1-20(2,3)18-14(6-7-25(18)19(28)29)23-16-9-21-10-17(24-16)26-11-22-13-5-4-12(27)8-15(13)26/h4-5,8-11,14,18,27H,6-7H2,1-3H3,(H,23,24)(H,28,29)/t14-,18?/m1/s1. The molecule has 3 aromatic rings. The quantitative estimate of drug-likeness (QED) is 0.623. The van der Waals surface area contributed by atoms with Gasteiger partial charge in [0.15, 0.2) is 5.82 Å². The summed E-state index contributed by atoms with van der Waals surface area (Å²) in [5.74, 6) is 1.27. The van der Waals surface area contributed by atoms with Crippen molar-refractivity contribution in [2.75, 3.05) is 11.9 Å². The Bertz CT molecular complexity index is 1060. The van der Waals surface area contributed by atoms with E-state index in [2.05, 4.69) is 20.3 Å². The second kappa shape index (κ2) is 6.91. The van der Waals surface area contributed by atoms with E-state index in [-0.39, 0.29) is 23.2 Å². The maximum absolute atomic E-state index is 11.7. The minimum absolute atomic E-state index is 0.0702. The van der Waals surface area contributed by atoms with E-state index in [1.54, 1.807) is 41.5 Å². The van der Waals surface area contributed by atoms with Gasteiger partial charge in [0.05, 0.1) is 35.5 Å². The van der Waals surface area contributed by atoms with E-state index in [0.717, 1.165) is 11.0 Å². The van der Waals surface area contributed by atoms with Crippen molar-refractivity contribution in [3.05, 3.63) is 36.9 Å². The van der Waals surface area contributed by atoms with E-state index in [9.17, 15) is 15.0 Å². The summed E-state index contributed by atoms with van der Waals surface area (Å²) in [6.07, 6.45) is 4.68. The highest BCUT2D eigenvalue weighted by Gasteiger charge is 2.44. The minimum atomic E-state index is -0.904. The molecule has 4 rings (SSSR count). The number of hydrogen-bond donors (Lipinski definition) is 3. The average molecular weight is 396 g/mol. The van der Waals surface area contributed by atoms with Crippen LogP contribution in [0.1, 0.15) is 27.2 Å². The third kappa shape index (κ3) is 3.55. The van der Waals surface area contributed by atoms with Crippen molar-refractivity contribution < 1.29 is 15.0 Å². The van der Waals surface area contributed by atoms with Crippen molar-refractivity contribution in [2.24, 2.45) is 5.41 Å². The van der Waals surface area contributed by atoms with Gasteiger partial charge in [-0.2, -0.15) is 0 Å². The van der Waals surface area contributed by atoms with Crippen LogP contribution >= 0.6 is 0 Å². The maximum Gasteiger partial charge on any atom is 0.407 e. The van der Waals surface area contributed by atoms with Crippen LogP contribution in [0.25, 0.3) is 16.9 Å². The zero-order valence-electron chi connectivity index (χ0n) is 16.6. The number of benzene rings is 1. The topological polar surface area (TPSA) is 116 Å². The molecule has 152 valence electrons. The van der Waals surface area contributed by atoms with Gasteiger partial charge in [-0.1, -0.05) is 20.8 Å². The third-order valence-corrected chi connectivity index (χ3v) is 5.26. The highest BCUT2D eigenvalue weighted by Crippen LogP contribution is 2.34. The molecule has 1 aromatic carbocycles. The number of anilines is 1. The monoisotopic (exact) mass is 396 g/mol. The van der Waals surface area contributed by atoms with Crippen LogP contribution in [0.4, 0.5) is 10.6 Å². The summed E-state index contributed by atoms with van der Waals surface area (Å²) in [6.45, 7) is 6.60. The molecule has 0 saturated carbocycles. The Kier molecular flexibility index (Phi) is 4.52. The molecule has 2 atom stereocenters. The van der Waals surface area contributed by atoms with E-state index in [0.29, 0.717) is 24.6 Å². The molecule has 1 amide bonds. The largest absolute Gasteiger partial charge is 0.508 e. The van der Waals surface area contributed by atoms with E-state index >= 15 is 0 Å². The molecule has 1 aliphatic heterocycles. The number of phenolic OH excluding ortho intramolecular Hbond substituents is 1. The van der Waals surface area contributed by atoms with Crippen molar-refractivity contribution in [3.8, 4) is 11.6 Å². The molecule has 0 radical (unpaired) electrons. The molecule has 0 spiro atoms. The molecule has 1 unspecified atom stereocenters. The van der Waals surface area contributed by atoms with Gasteiger partial charge in [-0.15, -0.1) is 0 Å². The highest BCUT2D eigenvalue weighted by molar-refractivity contribution is 5.78. The lowest BCUT2D eigenvalue weighted by molar-refractivity contribution is 0.103. The summed E-state index contributed by atoms with van der Waals surface area (Å²) in [7, 11) is 0. The molecule has 3 N–H and O–H groups in total. The molecule has 3 heterocycles. The van der Waals surface area contributed by atoms with Crippen LogP contribution < -0.4 is 5.32 Å². The van der Waals surface area contributed by atoms with Gasteiger partial charge in [-0.3, -0.25) is 9.55 Å². The van der Waals surface area contributed by atoms with Gasteiger partial charge in [0, 0.05) is 12.6 Å². The van der Waals surface area contributed by atoms with E-state index in [1.807, 2.05) is 20.8 Å². The average Bonchev–Trinajstić information content (AvgIpc) is 3.25. The lowest BCUT2D eigenvalue weighted by atomic mass is 9.82. The predicted molar refractivity (Wildman–Crippen MR) is 108 cm³/mol. The van der Waals surface area contributed by atoms with Crippen LogP contribution in [-0.4, -0.2) is 59.4 Å². The molecular weight excluding hydrogens is 372 g/mol. The predicted octanol–water partition coefficient (Wildman–Crippen LogP) is 3.10. The van der Waals surface area contributed by atoms with Crippen LogP contribution in [0, 0.1) is 5.41 Å². The number of carboxylic acid groups (broad SMARTS) is 1. The normalized spacial score (nSPS) is 19.6. The minimum Gasteiger partial charge on any atom is -0.508 e. The number of phenols is 1. The summed E-state index contributed by atoms with van der Waals surface area (Å²) in [6, 6.07) is 4.70. The van der Waals surface area contributed by atoms with Gasteiger partial charge >= 0.3 is 6.09 Å². The lowest BCUT2D eigenvalue weighted by Crippen LogP contribution is -2.49. The number of hydrogen-bond acceptors (Lipinski definition) is 6. The van der Waals surface area contributed by atoms with E-state index in [4.69, 9.17) is 0 Å². The molecular formula is C20H24N6O3. The molecule has 29 heavy (non-hydrogen) atoms. The van der Waals surface area contributed by atoms with E-state index in [1.165, 1.54) is 4.90 Å². The fourth-order valence-electron chi connectivity index (χ4n) is 4.14. The van der Waals surface area contributed by atoms with Crippen molar-refractivity contribution in [3.63, 3.8) is 0 Å². The number of amides is 1. The molecule has 1 fully saturated rings. The zero-order valence-corrected chi connectivity index (χ0v) is 16.6. The number of carbonyl (C=O) groups is 1. The number of aromatic hydroxyl groups is 1. The van der Waals surface area contributed by atoms with Crippen molar-refractivity contribution in [1.29, 1.82) is 0 Å². The first kappa shape index (κ1) is 19.0. The molecule has 0 aliphatic carbocycles. The third-order valence-electron chi connectivity index (χ3n) is 5.26. The van der Waals surface area contributed by atoms with Crippen molar-refractivity contribution in [1.82, 2.24) is 24.4 Å². The first-order valence-electron chi connectivity index (χ1n) is 9.48. The van der Waals surface area contributed by atoms with Crippen LogP contribution in [0.15, 0.2) is 36.9 Å². The zero-order chi connectivity index (χ0) is 20.8. The number of nitrogens with zero attached hydrogens (tertiary/aromatic N) is 5. The van der Waals surface area contributed by atoms with Gasteiger partial charge in [0.25, 0.3) is 0 Å². The summed E-state index contributed by atoms with van der Waals surface area (Å²) < 4.78 is 1.76. The van der Waals surface area contributed by atoms with Crippen molar-refractivity contribution in [2.45, 2.75) is 39.3 Å². The van der Waals surface area contributed by atoms with Gasteiger partial charge in [-0.05, 0) is 24.0 Å². The van der Waals surface area contributed by atoms with Gasteiger partial charge in [0.2, 0.25) is 0 Å². The van der Waals surface area contributed by atoms with E-state index < -0.39 is 6.09 Å². The Morgan fingerprint density at radius 3 is 2.79 bits per heavy atom. The number of likely N-dealkylation sites (tertiary alicyclic amines) is 1. The number of imidazole rings is 1. The second-order valence-electron chi connectivity index (χ2n) is 8.38. The first-order chi connectivity index (χ1) is 13.7. The summed E-state index contributed by atoms with van der Waals surface area (Å²) >= 11 is 0. The number of fused-ring (bicyclic) bond motifs is 1. The second-order valence-corrected chi connectivity index (χ2v) is 8.38. The molecule has 9 nitrogen and oxygen atoms in total. The smallest absolute Gasteiger partial charge is 0.407 e. The Labute approximate surface area is 168 Å². The summed E-state index contributed by atoms with van der Waals surface area (Å²) in [5, 5.41) is 22.7. The maximum atomic E-state index is 11.7. The van der Waals surface area contributed by atoms with Crippen molar-refractivity contribution >= 4 is 22.9 Å². The SMILES string of the molecule is CC(C)(C)C1[C@H](Nc2cncc(-n3cnc4ccc(O)cc43)n2)CCN1C(=O)O. The van der Waals surface area contributed by atoms with Gasteiger partial charge in [0.1, 0.15) is 17.9 Å². The molecule has 2 aromatic heterocycles. The van der Waals surface area contributed by atoms with Crippen LogP contribution in [0.3, 0.4) is 0 Å². The molecule has 0 bridgehead atoms. The Balaban J connectivity index is 1.64. The number of nitrogens with one attached hydrogen (secondary N) is 1. The van der Waals surface area contributed by atoms with Crippen LogP contribution in [-0.2, 0) is 0 Å². The van der Waals surface area contributed by atoms with Crippen LogP contribution in [0.2, 0.25) is 0 Å². The Hall–Kier alpha value is -3.36. The first-order valence-corrected chi connectivity index (χ1v) is 9.48. The number of aromatic nitrogens is 4. The van der Waals surface area contributed by atoms with Gasteiger partial charge < -0.3 is 20.4 Å². The summed E-state index contributed by atoms with van der Waals surface area (Å²) in [4.78, 5) is 26.4. The Morgan fingerprint density at radius 1 is 1.28 bits per heavy atom. The fraction of sp³-hybridized carbons (Fsp3) is 0.400. The van der Waals surface area contributed by atoms with Gasteiger partial charge in [-0.25, -0.2) is 14.8 Å². The highest BCUT2D eigenvalue weighted by atomic mass is 16.4. The van der Waals surface area contributed by atoms with Crippen LogP contribution in [0.5, 0.6) is 5.75 Å². The molecule has 1 aliphatic rings. The lowest BCUT2D eigenvalue weighted by Gasteiger charge is -2.37. The molecule has 1 saturated heterocycles. The molecule has 9 heteroatoms. The Morgan fingerprint density at radius 2 is 2.07 bits per heavy atom.